The Morgan fingerprint density at radius 1 is 1.04 bits per heavy atom. The van der Waals surface area contributed by atoms with Gasteiger partial charge in [-0.3, -0.25) is 9.59 Å². The van der Waals surface area contributed by atoms with Crippen molar-refractivity contribution in [2.24, 2.45) is 5.41 Å². The van der Waals surface area contributed by atoms with Crippen molar-refractivity contribution < 1.29 is 23.9 Å². The smallest absolute Gasteiger partial charge is 0.338 e. The van der Waals surface area contributed by atoms with Gasteiger partial charge in [-0.25, -0.2) is 4.79 Å². The molecule has 0 saturated heterocycles. The van der Waals surface area contributed by atoms with Crippen LogP contribution < -0.4 is 0 Å². The van der Waals surface area contributed by atoms with E-state index in [9.17, 15) is 14.4 Å². The molecule has 0 aliphatic heterocycles. The lowest BCUT2D eigenvalue weighted by Gasteiger charge is -2.44. The maximum Gasteiger partial charge on any atom is 0.338 e. The summed E-state index contributed by atoms with van der Waals surface area (Å²) in [7, 11) is 2.71. The highest BCUT2D eigenvalue weighted by molar-refractivity contribution is 6.21. The third-order valence-corrected chi connectivity index (χ3v) is 6.02. The van der Waals surface area contributed by atoms with Crippen LogP contribution in [0.15, 0.2) is 23.8 Å². The minimum atomic E-state index is -0.902. The first kappa shape index (κ1) is 18.4. The molecule has 5 heteroatoms. The average Bonchev–Trinajstić information content (AvgIpc) is 2.90. The number of benzene rings is 1. The van der Waals surface area contributed by atoms with Crippen LogP contribution in [0.2, 0.25) is 0 Å². The lowest BCUT2D eigenvalue weighted by molar-refractivity contribution is -0.151. The number of methoxy groups -OCH3 is 2. The highest BCUT2D eigenvalue weighted by Gasteiger charge is 2.56. The second-order valence-corrected chi connectivity index (χ2v) is 7.57. The van der Waals surface area contributed by atoms with Crippen molar-refractivity contribution in [2.75, 3.05) is 14.2 Å². The average molecular weight is 356 g/mol. The van der Waals surface area contributed by atoms with Crippen molar-refractivity contribution in [2.45, 2.75) is 45.4 Å². The predicted octanol–water partition coefficient (Wildman–Crippen LogP) is 3.45. The van der Waals surface area contributed by atoms with Crippen LogP contribution in [0, 0.1) is 5.41 Å². The Balaban J connectivity index is 2.35. The molecular formula is C21H24O5. The number of hydrogen-bond acceptors (Lipinski definition) is 5. The molecule has 2 atom stereocenters. The van der Waals surface area contributed by atoms with E-state index in [0.717, 1.165) is 29.5 Å². The summed E-state index contributed by atoms with van der Waals surface area (Å²) in [5.41, 5.74) is 2.04. The SMILES string of the molecule is COC(=O)C1=C2[C@](C)(C(=O)OC)CCC[C@@]2(C)c2cc(C(C)=O)ccc21. The van der Waals surface area contributed by atoms with Crippen LogP contribution in [-0.2, 0) is 24.5 Å². The lowest BCUT2D eigenvalue weighted by Crippen LogP contribution is -2.43. The Bertz CT molecular complexity index is 850. The summed E-state index contributed by atoms with van der Waals surface area (Å²) in [5.74, 6) is -0.840. The van der Waals surface area contributed by atoms with E-state index >= 15 is 0 Å². The van der Waals surface area contributed by atoms with Gasteiger partial charge < -0.3 is 9.47 Å². The van der Waals surface area contributed by atoms with Crippen LogP contribution in [-0.4, -0.2) is 31.9 Å². The number of ether oxygens (including phenoxy) is 2. The molecule has 0 heterocycles. The number of rotatable bonds is 3. The Morgan fingerprint density at radius 3 is 2.31 bits per heavy atom. The first-order valence-electron chi connectivity index (χ1n) is 8.78. The zero-order chi connectivity index (χ0) is 19.3. The second kappa shape index (κ2) is 6.08. The number of carbonyl (C=O) groups is 3. The van der Waals surface area contributed by atoms with Gasteiger partial charge in [-0.15, -0.1) is 0 Å². The van der Waals surface area contributed by atoms with E-state index in [1.807, 2.05) is 19.9 Å². The molecule has 0 bridgehead atoms. The summed E-state index contributed by atoms with van der Waals surface area (Å²) >= 11 is 0. The van der Waals surface area contributed by atoms with E-state index in [1.165, 1.54) is 21.1 Å². The number of fused-ring (bicyclic) bond motifs is 3. The molecule has 2 aliphatic rings. The molecule has 1 saturated carbocycles. The summed E-state index contributed by atoms with van der Waals surface area (Å²) in [6.45, 7) is 5.40. The minimum Gasteiger partial charge on any atom is -0.468 e. The second-order valence-electron chi connectivity index (χ2n) is 7.57. The van der Waals surface area contributed by atoms with Gasteiger partial charge in [0, 0.05) is 11.0 Å². The fraction of sp³-hybridized carbons (Fsp3) is 0.476. The minimum absolute atomic E-state index is 0.0315. The first-order chi connectivity index (χ1) is 12.2. The molecule has 5 nitrogen and oxygen atoms in total. The van der Waals surface area contributed by atoms with Gasteiger partial charge in [-0.1, -0.05) is 25.5 Å². The van der Waals surface area contributed by atoms with Crippen molar-refractivity contribution in [3.05, 3.63) is 40.5 Å². The highest BCUT2D eigenvalue weighted by Crippen LogP contribution is 2.60. The van der Waals surface area contributed by atoms with E-state index in [4.69, 9.17) is 9.47 Å². The standard InChI is InChI=1S/C21H24O5/c1-12(22)13-7-8-14-15(11-13)20(2)9-6-10-21(3,19(24)26-5)17(20)16(14)18(23)25-4/h7-8,11H,6,9-10H2,1-5H3/t20-,21+/m0/s1. The Kier molecular flexibility index (Phi) is 4.29. The molecule has 138 valence electrons. The third kappa shape index (κ3) is 2.33. The molecule has 1 aromatic carbocycles. The summed E-state index contributed by atoms with van der Waals surface area (Å²) in [4.78, 5) is 37.3. The van der Waals surface area contributed by atoms with E-state index in [2.05, 4.69) is 0 Å². The van der Waals surface area contributed by atoms with E-state index in [-0.39, 0.29) is 11.8 Å². The zero-order valence-electron chi connectivity index (χ0n) is 15.9. The van der Waals surface area contributed by atoms with Gasteiger partial charge in [0.15, 0.2) is 5.78 Å². The molecule has 0 aromatic heterocycles. The molecule has 1 fully saturated rings. The summed E-state index contributed by atoms with van der Waals surface area (Å²) in [6, 6.07) is 5.38. The van der Waals surface area contributed by atoms with Crippen molar-refractivity contribution in [1.29, 1.82) is 0 Å². The third-order valence-electron chi connectivity index (χ3n) is 6.02. The largest absolute Gasteiger partial charge is 0.468 e. The maximum atomic E-state index is 12.7. The quantitative estimate of drug-likeness (QED) is 0.613. The molecule has 0 radical (unpaired) electrons. The molecule has 26 heavy (non-hydrogen) atoms. The zero-order valence-corrected chi connectivity index (χ0v) is 15.9. The molecule has 0 N–H and O–H groups in total. The van der Waals surface area contributed by atoms with Gasteiger partial charge in [0.25, 0.3) is 0 Å². The van der Waals surface area contributed by atoms with Gasteiger partial charge in [0.1, 0.15) is 0 Å². The summed E-state index contributed by atoms with van der Waals surface area (Å²) in [5, 5.41) is 0. The van der Waals surface area contributed by atoms with Gasteiger partial charge in [0.05, 0.1) is 25.2 Å². The molecule has 0 unspecified atom stereocenters. The van der Waals surface area contributed by atoms with Crippen LogP contribution in [0.3, 0.4) is 0 Å². The number of esters is 2. The molecule has 1 aromatic rings. The molecular weight excluding hydrogens is 332 g/mol. The van der Waals surface area contributed by atoms with E-state index in [1.54, 1.807) is 12.1 Å². The number of ketones is 1. The fourth-order valence-corrected chi connectivity index (χ4v) is 4.79. The van der Waals surface area contributed by atoms with E-state index < -0.39 is 16.8 Å². The molecule has 0 amide bonds. The number of Topliss-reactive ketones (excluding diaryl/α,β-unsaturated/α-hetero) is 1. The van der Waals surface area contributed by atoms with E-state index in [0.29, 0.717) is 17.6 Å². The summed E-state index contributed by atoms with van der Waals surface area (Å²) < 4.78 is 10.1. The fourth-order valence-electron chi connectivity index (χ4n) is 4.79. The molecule has 2 aliphatic carbocycles. The van der Waals surface area contributed by atoms with Crippen molar-refractivity contribution in [3.8, 4) is 0 Å². The van der Waals surface area contributed by atoms with Crippen LogP contribution in [0.25, 0.3) is 5.57 Å². The Morgan fingerprint density at radius 2 is 1.73 bits per heavy atom. The van der Waals surface area contributed by atoms with Gasteiger partial charge in [-0.05, 0) is 49.5 Å². The number of carbonyl (C=O) groups excluding carboxylic acids is 3. The summed E-state index contributed by atoms with van der Waals surface area (Å²) in [6.07, 6.45) is 2.23. The predicted molar refractivity (Wildman–Crippen MR) is 96.7 cm³/mol. The van der Waals surface area contributed by atoms with Crippen LogP contribution >= 0.6 is 0 Å². The monoisotopic (exact) mass is 356 g/mol. The number of hydrogen-bond donors (Lipinski definition) is 0. The van der Waals surface area contributed by atoms with Crippen LogP contribution in [0.1, 0.15) is 61.5 Å². The first-order valence-corrected chi connectivity index (χ1v) is 8.78. The van der Waals surface area contributed by atoms with Crippen LogP contribution in [0.5, 0.6) is 0 Å². The van der Waals surface area contributed by atoms with Crippen molar-refractivity contribution in [1.82, 2.24) is 0 Å². The highest BCUT2D eigenvalue weighted by atomic mass is 16.5. The van der Waals surface area contributed by atoms with Crippen LogP contribution in [0.4, 0.5) is 0 Å². The van der Waals surface area contributed by atoms with Crippen molar-refractivity contribution in [3.63, 3.8) is 0 Å². The maximum absolute atomic E-state index is 12.7. The van der Waals surface area contributed by atoms with Gasteiger partial charge in [0.2, 0.25) is 0 Å². The normalized spacial score (nSPS) is 26.8. The Hall–Kier alpha value is -2.43. The lowest BCUT2D eigenvalue weighted by atomic mass is 9.59. The van der Waals surface area contributed by atoms with Gasteiger partial charge >= 0.3 is 11.9 Å². The Labute approximate surface area is 153 Å². The molecule has 0 spiro atoms. The molecule has 3 rings (SSSR count). The van der Waals surface area contributed by atoms with Gasteiger partial charge in [-0.2, -0.15) is 0 Å². The van der Waals surface area contributed by atoms with Crippen molar-refractivity contribution >= 4 is 23.3 Å². The topological polar surface area (TPSA) is 69.7 Å².